The molecule has 0 atom stereocenters. The lowest BCUT2D eigenvalue weighted by Crippen LogP contribution is -2.38. The van der Waals surface area contributed by atoms with Crippen LogP contribution in [0.2, 0.25) is 5.02 Å². The summed E-state index contributed by atoms with van der Waals surface area (Å²) in [5.41, 5.74) is 9.35. The fourth-order valence-corrected chi connectivity index (χ4v) is 3.33. The van der Waals surface area contributed by atoms with Gasteiger partial charge in [-0.1, -0.05) is 41.9 Å². The van der Waals surface area contributed by atoms with Gasteiger partial charge in [-0.3, -0.25) is 4.99 Å². The molecule has 1 heterocycles. The highest BCUT2D eigenvalue weighted by atomic mass is 127. The fraction of sp³-hybridized carbons (Fsp3) is 0.261. The first kappa shape index (κ1) is 25.5. The SMILES string of the molecule is CN=C(NCCCc1nn(-c2ccccc2)c(N)c1C#N)NCCc1ccc(Cl)cc1.I. The number of para-hydroxylation sites is 1. The van der Waals surface area contributed by atoms with E-state index < -0.39 is 0 Å². The molecular formula is C23H27ClIN7. The number of hydrogen-bond acceptors (Lipinski definition) is 4. The summed E-state index contributed by atoms with van der Waals surface area (Å²) in [6.07, 6.45) is 2.30. The first-order valence-electron chi connectivity index (χ1n) is 10.1. The van der Waals surface area contributed by atoms with Crippen molar-refractivity contribution >= 4 is 47.4 Å². The second-order valence-corrected chi connectivity index (χ2v) is 7.41. The van der Waals surface area contributed by atoms with Crippen LogP contribution in [0.5, 0.6) is 0 Å². The van der Waals surface area contributed by atoms with Crippen LogP contribution in [-0.2, 0) is 12.8 Å². The zero-order valence-corrected chi connectivity index (χ0v) is 21.0. The Kier molecular flexibility index (Phi) is 10.3. The topological polar surface area (TPSA) is 104 Å². The van der Waals surface area contributed by atoms with Crippen molar-refractivity contribution in [2.24, 2.45) is 4.99 Å². The zero-order chi connectivity index (χ0) is 22.1. The van der Waals surface area contributed by atoms with Crippen LogP contribution in [0.4, 0.5) is 5.82 Å². The molecule has 4 N–H and O–H groups in total. The Bertz CT molecular complexity index is 1060. The van der Waals surface area contributed by atoms with E-state index in [1.165, 1.54) is 5.56 Å². The van der Waals surface area contributed by atoms with E-state index in [9.17, 15) is 5.26 Å². The molecule has 0 aliphatic carbocycles. The number of rotatable bonds is 8. The van der Waals surface area contributed by atoms with Gasteiger partial charge in [0.1, 0.15) is 17.5 Å². The Morgan fingerprint density at radius 1 is 1.09 bits per heavy atom. The molecule has 2 aromatic carbocycles. The summed E-state index contributed by atoms with van der Waals surface area (Å²) in [4.78, 5) is 4.25. The lowest BCUT2D eigenvalue weighted by molar-refractivity contribution is 0.720. The number of halogens is 2. The highest BCUT2D eigenvalue weighted by Gasteiger charge is 2.16. The molecule has 168 valence electrons. The number of nitriles is 1. The van der Waals surface area contributed by atoms with Crippen molar-refractivity contribution in [1.29, 1.82) is 5.26 Å². The maximum atomic E-state index is 9.51. The Labute approximate surface area is 210 Å². The maximum absolute atomic E-state index is 9.51. The van der Waals surface area contributed by atoms with Crippen LogP contribution in [0.25, 0.3) is 5.69 Å². The molecule has 3 aromatic rings. The van der Waals surface area contributed by atoms with Crippen molar-refractivity contribution in [1.82, 2.24) is 20.4 Å². The van der Waals surface area contributed by atoms with Crippen LogP contribution in [0.15, 0.2) is 59.6 Å². The van der Waals surface area contributed by atoms with Crippen molar-refractivity contribution in [3.8, 4) is 11.8 Å². The molecule has 0 fully saturated rings. The highest BCUT2D eigenvalue weighted by Crippen LogP contribution is 2.21. The van der Waals surface area contributed by atoms with Gasteiger partial charge in [0, 0.05) is 25.2 Å². The Hall–Kier alpha value is -2.77. The molecule has 0 saturated carbocycles. The number of nitrogen functional groups attached to an aromatic ring is 1. The molecule has 0 unspecified atom stereocenters. The number of aryl methyl sites for hydroxylation is 1. The molecule has 3 rings (SSSR count). The summed E-state index contributed by atoms with van der Waals surface area (Å²) in [6, 6.07) is 19.6. The molecule has 0 bridgehead atoms. The monoisotopic (exact) mass is 563 g/mol. The van der Waals surface area contributed by atoms with Gasteiger partial charge in [0.05, 0.1) is 11.4 Å². The summed E-state index contributed by atoms with van der Waals surface area (Å²) < 4.78 is 1.62. The van der Waals surface area contributed by atoms with Crippen molar-refractivity contribution < 1.29 is 0 Å². The number of benzene rings is 2. The van der Waals surface area contributed by atoms with E-state index in [1.807, 2.05) is 54.6 Å². The smallest absolute Gasteiger partial charge is 0.190 e. The summed E-state index contributed by atoms with van der Waals surface area (Å²) in [5, 5.41) is 21.4. The number of hydrogen-bond donors (Lipinski definition) is 3. The quantitative estimate of drug-likeness (QED) is 0.167. The number of nitrogens with zero attached hydrogens (tertiary/aromatic N) is 4. The van der Waals surface area contributed by atoms with Crippen LogP contribution in [0.3, 0.4) is 0 Å². The van der Waals surface area contributed by atoms with Crippen molar-refractivity contribution in [3.63, 3.8) is 0 Å². The third kappa shape index (κ3) is 6.87. The van der Waals surface area contributed by atoms with E-state index in [1.54, 1.807) is 11.7 Å². The number of aromatic nitrogens is 2. The van der Waals surface area contributed by atoms with E-state index in [-0.39, 0.29) is 24.0 Å². The second-order valence-electron chi connectivity index (χ2n) is 6.97. The first-order valence-corrected chi connectivity index (χ1v) is 10.5. The second kappa shape index (κ2) is 12.9. The minimum absolute atomic E-state index is 0. The van der Waals surface area contributed by atoms with Crippen LogP contribution in [0, 0.1) is 11.3 Å². The normalized spacial score (nSPS) is 10.8. The van der Waals surface area contributed by atoms with Gasteiger partial charge in [-0.2, -0.15) is 10.4 Å². The lowest BCUT2D eigenvalue weighted by atomic mass is 10.1. The number of nitrogens with two attached hydrogens (primary N) is 1. The predicted octanol–water partition coefficient (Wildman–Crippen LogP) is 3.94. The van der Waals surface area contributed by atoms with Gasteiger partial charge in [0.15, 0.2) is 5.96 Å². The minimum atomic E-state index is 0. The van der Waals surface area contributed by atoms with E-state index in [4.69, 9.17) is 17.3 Å². The van der Waals surface area contributed by atoms with Gasteiger partial charge in [0.25, 0.3) is 0 Å². The molecule has 0 amide bonds. The van der Waals surface area contributed by atoms with Gasteiger partial charge < -0.3 is 16.4 Å². The molecule has 32 heavy (non-hydrogen) atoms. The van der Waals surface area contributed by atoms with E-state index >= 15 is 0 Å². The summed E-state index contributed by atoms with van der Waals surface area (Å²) in [7, 11) is 1.74. The van der Waals surface area contributed by atoms with Crippen molar-refractivity contribution in [2.45, 2.75) is 19.3 Å². The Balaban J connectivity index is 0.00000363. The molecule has 0 saturated heterocycles. The van der Waals surface area contributed by atoms with Crippen LogP contribution in [0.1, 0.15) is 23.2 Å². The molecular weight excluding hydrogens is 537 g/mol. The Morgan fingerprint density at radius 3 is 2.44 bits per heavy atom. The summed E-state index contributed by atoms with van der Waals surface area (Å²) >= 11 is 5.92. The average Bonchev–Trinajstić information content (AvgIpc) is 3.12. The summed E-state index contributed by atoms with van der Waals surface area (Å²) in [6.45, 7) is 1.46. The molecule has 1 aromatic heterocycles. The van der Waals surface area contributed by atoms with Crippen molar-refractivity contribution in [2.75, 3.05) is 25.9 Å². The standard InChI is InChI=1S/C23H26ClN7.HI/c1-27-23(29-15-13-17-9-11-18(24)12-10-17)28-14-5-8-21-20(16-25)22(26)31(30-21)19-6-3-2-4-7-19;/h2-4,6-7,9-12H,5,8,13-15,26H2,1H3,(H2,27,28,29);1H. The third-order valence-corrected chi connectivity index (χ3v) is 5.08. The number of aliphatic imine (C=N–C) groups is 1. The first-order chi connectivity index (χ1) is 15.1. The molecule has 0 aliphatic heterocycles. The fourth-order valence-electron chi connectivity index (χ4n) is 3.20. The molecule has 9 heteroatoms. The van der Waals surface area contributed by atoms with Crippen LogP contribution >= 0.6 is 35.6 Å². The maximum Gasteiger partial charge on any atom is 0.190 e. The molecule has 0 aliphatic rings. The number of anilines is 1. The Morgan fingerprint density at radius 2 is 1.78 bits per heavy atom. The lowest BCUT2D eigenvalue weighted by Gasteiger charge is -2.11. The molecule has 0 spiro atoms. The number of guanidine groups is 1. The van der Waals surface area contributed by atoms with Crippen molar-refractivity contribution in [3.05, 3.63) is 76.4 Å². The van der Waals surface area contributed by atoms with Gasteiger partial charge in [-0.15, -0.1) is 24.0 Å². The third-order valence-electron chi connectivity index (χ3n) is 4.83. The summed E-state index contributed by atoms with van der Waals surface area (Å²) in [5.74, 6) is 1.11. The van der Waals surface area contributed by atoms with Gasteiger partial charge in [0.2, 0.25) is 0 Å². The predicted molar refractivity (Wildman–Crippen MR) is 141 cm³/mol. The average molecular weight is 564 g/mol. The van der Waals surface area contributed by atoms with E-state index in [0.29, 0.717) is 30.0 Å². The van der Waals surface area contributed by atoms with Crippen LogP contribution < -0.4 is 16.4 Å². The number of nitrogens with one attached hydrogen (secondary N) is 2. The highest BCUT2D eigenvalue weighted by molar-refractivity contribution is 14.0. The van der Waals surface area contributed by atoms with E-state index in [2.05, 4.69) is 26.8 Å². The molecule has 0 radical (unpaired) electrons. The van der Waals surface area contributed by atoms with Gasteiger partial charge >= 0.3 is 0 Å². The van der Waals surface area contributed by atoms with Crippen LogP contribution in [-0.4, -0.2) is 35.9 Å². The largest absolute Gasteiger partial charge is 0.382 e. The molecule has 7 nitrogen and oxygen atoms in total. The van der Waals surface area contributed by atoms with Gasteiger partial charge in [-0.25, -0.2) is 4.68 Å². The minimum Gasteiger partial charge on any atom is -0.382 e. The van der Waals surface area contributed by atoms with Gasteiger partial charge in [-0.05, 0) is 49.1 Å². The van der Waals surface area contributed by atoms with E-state index in [0.717, 1.165) is 36.1 Å². The zero-order valence-electron chi connectivity index (χ0n) is 17.9.